The maximum absolute atomic E-state index is 10.6. The fourth-order valence-electron chi connectivity index (χ4n) is 2.39. The number of hydrogen-bond acceptors (Lipinski definition) is 2. The van der Waals surface area contributed by atoms with Crippen LogP contribution in [-0.2, 0) is 6.61 Å². The fourth-order valence-corrected chi connectivity index (χ4v) is 2.39. The van der Waals surface area contributed by atoms with Crippen LogP contribution in [0.1, 0.15) is 22.8 Å². The van der Waals surface area contributed by atoms with Gasteiger partial charge in [-0.2, -0.15) is 0 Å². The molecule has 0 amide bonds. The van der Waals surface area contributed by atoms with Crippen LogP contribution in [0.5, 0.6) is 5.75 Å². The van der Waals surface area contributed by atoms with Gasteiger partial charge in [0, 0.05) is 5.56 Å². The van der Waals surface area contributed by atoms with Gasteiger partial charge in [0.2, 0.25) is 0 Å². The Morgan fingerprint density at radius 2 is 1.32 bits per heavy atom. The van der Waals surface area contributed by atoms with Gasteiger partial charge in [-0.15, -0.1) is 0 Å². The summed E-state index contributed by atoms with van der Waals surface area (Å²) in [7, 11) is 0. The Morgan fingerprint density at radius 3 is 2.05 bits per heavy atom. The molecule has 0 aromatic heterocycles. The molecule has 3 aromatic rings. The largest absolute Gasteiger partial charge is 0.489 e. The van der Waals surface area contributed by atoms with Crippen LogP contribution in [0.3, 0.4) is 0 Å². The van der Waals surface area contributed by atoms with E-state index in [-0.39, 0.29) is 0 Å². The van der Waals surface area contributed by atoms with Crippen molar-refractivity contribution in [2.24, 2.45) is 0 Å². The lowest BCUT2D eigenvalue weighted by Crippen LogP contribution is -2.04. The summed E-state index contributed by atoms with van der Waals surface area (Å²) in [5, 5.41) is 10.6. The Hall–Kier alpha value is -2.58. The first-order chi connectivity index (χ1) is 10.8. The molecule has 0 bridgehead atoms. The molecule has 0 aliphatic carbocycles. The second-order valence-corrected chi connectivity index (χ2v) is 5.13. The maximum Gasteiger partial charge on any atom is 0.125 e. The first-order valence-corrected chi connectivity index (χ1v) is 7.33. The van der Waals surface area contributed by atoms with Crippen molar-refractivity contribution in [3.8, 4) is 5.75 Å². The summed E-state index contributed by atoms with van der Waals surface area (Å²) >= 11 is 0. The van der Waals surface area contributed by atoms with E-state index in [1.807, 2.05) is 84.9 Å². The van der Waals surface area contributed by atoms with Crippen LogP contribution in [0.4, 0.5) is 0 Å². The molecular formula is C20H18O2. The predicted molar refractivity (Wildman–Crippen MR) is 87.7 cm³/mol. The molecule has 1 atom stereocenters. The Bertz CT molecular complexity index is 708. The zero-order valence-corrected chi connectivity index (χ0v) is 12.2. The Labute approximate surface area is 130 Å². The van der Waals surface area contributed by atoms with Gasteiger partial charge in [0.15, 0.2) is 0 Å². The highest BCUT2D eigenvalue weighted by molar-refractivity contribution is 5.40. The molecule has 3 rings (SSSR count). The molecule has 0 aliphatic rings. The number of para-hydroxylation sites is 1. The van der Waals surface area contributed by atoms with E-state index in [0.717, 1.165) is 16.7 Å². The minimum absolute atomic E-state index is 0.485. The SMILES string of the molecule is OC(c1ccccc1)c1ccccc1OCc1ccccc1. The summed E-state index contributed by atoms with van der Waals surface area (Å²) in [5.41, 5.74) is 2.74. The van der Waals surface area contributed by atoms with Crippen LogP contribution in [0.15, 0.2) is 84.9 Å². The third-order valence-electron chi connectivity index (χ3n) is 3.57. The molecule has 3 aromatic carbocycles. The number of ether oxygens (including phenoxy) is 1. The van der Waals surface area contributed by atoms with E-state index in [2.05, 4.69) is 0 Å². The van der Waals surface area contributed by atoms with Gasteiger partial charge < -0.3 is 9.84 Å². The molecule has 0 spiro atoms. The average molecular weight is 290 g/mol. The Balaban J connectivity index is 1.81. The van der Waals surface area contributed by atoms with Crippen LogP contribution in [0.25, 0.3) is 0 Å². The molecule has 2 nitrogen and oxygen atoms in total. The van der Waals surface area contributed by atoms with Crippen molar-refractivity contribution in [2.45, 2.75) is 12.7 Å². The second-order valence-electron chi connectivity index (χ2n) is 5.13. The zero-order chi connectivity index (χ0) is 15.2. The van der Waals surface area contributed by atoms with Gasteiger partial charge in [-0.05, 0) is 17.2 Å². The fraction of sp³-hybridized carbons (Fsp3) is 0.100. The smallest absolute Gasteiger partial charge is 0.125 e. The average Bonchev–Trinajstić information content (AvgIpc) is 2.61. The molecular weight excluding hydrogens is 272 g/mol. The van der Waals surface area contributed by atoms with Gasteiger partial charge in [0.1, 0.15) is 18.5 Å². The van der Waals surface area contributed by atoms with Crippen molar-refractivity contribution in [1.82, 2.24) is 0 Å². The van der Waals surface area contributed by atoms with E-state index in [9.17, 15) is 5.11 Å². The summed E-state index contributed by atoms with van der Waals surface area (Å²) in [6, 6.07) is 27.3. The minimum atomic E-state index is -0.687. The number of aliphatic hydroxyl groups excluding tert-OH is 1. The number of aliphatic hydroxyl groups is 1. The molecule has 0 aliphatic heterocycles. The lowest BCUT2D eigenvalue weighted by Gasteiger charge is -2.16. The quantitative estimate of drug-likeness (QED) is 0.757. The highest BCUT2D eigenvalue weighted by atomic mass is 16.5. The van der Waals surface area contributed by atoms with E-state index in [0.29, 0.717) is 12.4 Å². The third kappa shape index (κ3) is 3.35. The summed E-state index contributed by atoms with van der Waals surface area (Å²) in [4.78, 5) is 0. The maximum atomic E-state index is 10.6. The second kappa shape index (κ2) is 6.92. The van der Waals surface area contributed by atoms with Crippen molar-refractivity contribution in [3.05, 3.63) is 102 Å². The van der Waals surface area contributed by atoms with Gasteiger partial charge in [0.25, 0.3) is 0 Å². The molecule has 110 valence electrons. The van der Waals surface area contributed by atoms with Crippen LogP contribution in [0.2, 0.25) is 0 Å². The normalized spacial score (nSPS) is 11.9. The topological polar surface area (TPSA) is 29.5 Å². The molecule has 0 heterocycles. The molecule has 2 heteroatoms. The minimum Gasteiger partial charge on any atom is -0.489 e. The lowest BCUT2D eigenvalue weighted by atomic mass is 10.0. The van der Waals surface area contributed by atoms with E-state index in [1.165, 1.54) is 0 Å². The van der Waals surface area contributed by atoms with Crippen LogP contribution >= 0.6 is 0 Å². The zero-order valence-electron chi connectivity index (χ0n) is 12.2. The van der Waals surface area contributed by atoms with Gasteiger partial charge in [-0.1, -0.05) is 78.9 Å². The molecule has 0 fully saturated rings. The van der Waals surface area contributed by atoms with E-state index < -0.39 is 6.10 Å². The van der Waals surface area contributed by atoms with Gasteiger partial charge in [-0.25, -0.2) is 0 Å². The molecule has 0 radical (unpaired) electrons. The number of benzene rings is 3. The highest BCUT2D eigenvalue weighted by Gasteiger charge is 2.14. The standard InChI is InChI=1S/C20H18O2/c21-20(17-11-5-2-6-12-17)18-13-7-8-14-19(18)22-15-16-9-3-1-4-10-16/h1-14,20-21H,15H2. The Morgan fingerprint density at radius 1 is 0.727 bits per heavy atom. The molecule has 22 heavy (non-hydrogen) atoms. The molecule has 0 saturated heterocycles. The number of hydrogen-bond donors (Lipinski definition) is 1. The van der Waals surface area contributed by atoms with Crippen LogP contribution in [0, 0.1) is 0 Å². The van der Waals surface area contributed by atoms with Gasteiger partial charge in [-0.3, -0.25) is 0 Å². The first kappa shape index (κ1) is 14.4. The third-order valence-corrected chi connectivity index (χ3v) is 3.57. The Kier molecular flexibility index (Phi) is 4.52. The summed E-state index contributed by atoms with van der Waals surface area (Å²) < 4.78 is 5.91. The summed E-state index contributed by atoms with van der Waals surface area (Å²) in [6.07, 6.45) is -0.687. The molecule has 0 saturated carbocycles. The summed E-state index contributed by atoms with van der Waals surface area (Å²) in [6.45, 7) is 0.485. The van der Waals surface area contributed by atoms with E-state index in [4.69, 9.17) is 4.74 Å². The van der Waals surface area contributed by atoms with Crippen molar-refractivity contribution >= 4 is 0 Å². The van der Waals surface area contributed by atoms with Crippen molar-refractivity contribution in [2.75, 3.05) is 0 Å². The number of rotatable bonds is 5. The van der Waals surface area contributed by atoms with Gasteiger partial charge >= 0.3 is 0 Å². The van der Waals surface area contributed by atoms with Crippen molar-refractivity contribution in [1.29, 1.82) is 0 Å². The molecule has 1 N–H and O–H groups in total. The van der Waals surface area contributed by atoms with E-state index >= 15 is 0 Å². The van der Waals surface area contributed by atoms with Gasteiger partial charge in [0.05, 0.1) is 0 Å². The van der Waals surface area contributed by atoms with Crippen molar-refractivity contribution in [3.63, 3.8) is 0 Å². The molecule has 1 unspecified atom stereocenters. The lowest BCUT2D eigenvalue weighted by molar-refractivity contribution is 0.209. The van der Waals surface area contributed by atoms with E-state index in [1.54, 1.807) is 0 Å². The monoisotopic (exact) mass is 290 g/mol. The summed E-state index contributed by atoms with van der Waals surface area (Å²) in [5.74, 6) is 0.711. The van der Waals surface area contributed by atoms with Crippen LogP contribution < -0.4 is 4.74 Å². The van der Waals surface area contributed by atoms with Crippen LogP contribution in [-0.4, -0.2) is 5.11 Å². The van der Waals surface area contributed by atoms with Crippen molar-refractivity contribution < 1.29 is 9.84 Å². The highest BCUT2D eigenvalue weighted by Crippen LogP contribution is 2.30. The first-order valence-electron chi connectivity index (χ1n) is 7.33. The predicted octanol–water partition coefficient (Wildman–Crippen LogP) is 4.35.